The number of ether oxygens (including phenoxy) is 2. The molecule has 30 heavy (non-hydrogen) atoms. The Morgan fingerprint density at radius 1 is 1.07 bits per heavy atom. The molecule has 4 rings (SSSR count). The van der Waals surface area contributed by atoms with Crippen molar-refractivity contribution >= 4 is 0 Å². The number of hydrogen-bond acceptors (Lipinski definition) is 4. The standard InChI is InChI=1S/C25H26FNO3/c1-25(28,18-30-23-8-3-2-4-9-23)21-10-11-24-20(15-21)17-27(12-13-29-24)16-19-6-5-7-22(26)14-19/h2-11,14-15,28H,12-13,16-18H2,1H3/t25-/m1/s1. The molecular formula is C25H26FNO3. The molecule has 0 aliphatic carbocycles. The van der Waals surface area contributed by atoms with Gasteiger partial charge in [0.25, 0.3) is 0 Å². The lowest BCUT2D eigenvalue weighted by Gasteiger charge is -2.25. The molecule has 1 heterocycles. The molecule has 4 nitrogen and oxygen atoms in total. The summed E-state index contributed by atoms with van der Waals surface area (Å²) in [7, 11) is 0. The molecule has 0 fully saturated rings. The monoisotopic (exact) mass is 407 g/mol. The van der Waals surface area contributed by atoms with Gasteiger partial charge in [-0.2, -0.15) is 0 Å². The van der Waals surface area contributed by atoms with Gasteiger partial charge in [-0.05, 0) is 54.4 Å². The zero-order valence-electron chi connectivity index (χ0n) is 17.1. The summed E-state index contributed by atoms with van der Waals surface area (Å²) >= 11 is 0. The largest absolute Gasteiger partial charge is 0.492 e. The smallest absolute Gasteiger partial charge is 0.123 e. The van der Waals surface area contributed by atoms with E-state index >= 15 is 0 Å². The number of hydrogen-bond donors (Lipinski definition) is 1. The van der Waals surface area contributed by atoms with Crippen molar-refractivity contribution in [2.45, 2.75) is 25.6 Å². The first kappa shape index (κ1) is 20.4. The highest BCUT2D eigenvalue weighted by atomic mass is 19.1. The maximum atomic E-state index is 13.5. The van der Waals surface area contributed by atoms with E-state index in [4.69, 9.17) is 9.47 Å². The lowest BCUT2D eigenvalue weighted by molar-refractivity contribution is 0.00748. The molecule has 0 aromatic heterocycles. The van der Waals surface area contributed by atoms with Gasteiger partial charge >= 0.3 is 0 Å². The fraction of sp³-hybridized carbons (Fsp3) is 0.280. The third kappa shape index (κ3) is 4.99. The molecule has 0 spiro atoms. The van der Waals surface area contributed by atoms with Gasteiger partial charge in [-0.25, -0.2) is 4.39 Å². The number of para-hydroxylation sites is 1. The number of nitrogens with zero attached hydrogens (tertiary/aromatic N) is 1. The molecule has 0 saturated carbocycles. The second kappa shape index (κ2) is 8.86. The number of fused-ring (bicyclic) bond motifs is 1. The Morgan fingerprint density at radius 3 is 2.70 bits per heavy atom. The van der Waals surface area contributed by atoms with Gasteiger partial charge < -0.3 is 14.6 Å². The average molecular weight is 407 g/mol. The van der Waals surface area contributed by atoms with Crippen LogP contribution >= 0.6 is 0 Å². The predicted octanol–water partition coefficient (Wildman–Crippen LogP) is 4.51. The normalized spacial score (nSPS) is 16.1. The fourth-order valence-corrected chi connectivity index (χ4v) is 3.64. The molecule has 0 unspecified atom stereocenters. The van der Waals surface area contributed by atoms with Crippen LogP contribution in [0.5, 0.6) is 11.5 Å². The molecule has 5 heteroatoms. The van der Waals surface area contributed by atoms with E-state index in [1.807, 2.05) is 54.6 Å². The average Bonchev–Trinajstić information content (AvgIpc) is 2.94. The summed E-state index contributed by atoms with van der Waals surface area (Å²) in [6.07, 6.45) is 0. The van der Waals surface area contributed by atoms with Gasteiger partial charge in [0.1, 0.15) is 36.1 Å². The van der Waals surface area contributed by atoms with Crippen LogP contribution in [0.4, 0.5) is 4.39 Å². The number of aliphatic hydroxyl groups is 1. The highest BCUT2D eigenvalue weighted by molar-refractivity contribution is 5.40. The second-order valence-corrected chi connectivity index (χ2v) is 7.89. The summed E-state index contributed by atoms with van der Waals surface area (Å²) in [4.78, 5) is 2.22. The number of rotatable bonds is 6. The van der Waals surface area contributed by atoms with Crippen molar-refractivity contribution in [2.75, 3.05) is 19.8 Å². The molecule has 1 aliphatic heterocycles. The second-order valence-electron chi connectivity index (χ2n) is 7.89. The molecular weight excluding hydrogens is 381 g/mol. The summed E-state index contributed by atoms with van der Waals surface area (Å²) in [5.41, 5.74) is 1.55. The molecule has 1 aliphatic rings. The summed E-state index contributed by atoms with van der Waals surface area (Å²) < 4.78 is 25.2. The third-order valence-corrected chi connectivity index (χ3v) is 5.30. The minimum absolute atomic E-state index is 0.143. The van der Waals surface area contributed by atoms with Crippen LogP contribution in [0.3, 0.4) is 0 Å². The van der Waals surface area contributed by atoms with Crippen molar-refractivity contribution < 1.29 is 19.0 Å². The maximum absolute atomic E-state index is 13.5. The van der Waals surface area contributed by atoms with Gasteiger partial charge in [0.05, 0.1) is 0 Å². The molecule has 3 aromatic rings. The van der Waals surface area contributed by atoms with Crippen LogP contribution in [0.15, 0.2) is 72.8 Å². The van der Waals surface area contributed by atoms with E-state index in [0.29, 0.717) is 19.7 Å². The minimum Gasteiger partial charge on any atom is -0.492 e. The zero-order valence-corrected chi connectivity index (χ0v) is 17.1. The van der Waals surface area contributed by atoms with Crippen LogP contribution in [-0.4, -0.2) is 29.8 Å². The van der Waals surface area contributed by atoms with E-state index < -0.39 is 5.60 Å². The summed E-state index contributed by atoms with van der Waals surface area (Å²) in [6.45, 7) is 4.50. The molecule has 0 radical (unpaired) electrons. The molecule has 0 saturated heterocycles. The third-order valence-electron chi connectivity index (χ3n) is 5.30. The Balaban J connectivity index is 1.49. The molecule has 1 N–H and O–H groups in total. The van der Waals surface area contributed by atoms with Crippen LogP contribution in [0.25, 0.3) is 0 Å². The topological polar surface area (TPSA) is 41.9 Å². The summed E-state index contributed by atoms with van der Waals surface area (Å²) in [5.74, 6) is 1.31. The highest BCUT2D eigenvalue weighted by Crippen LogP contribution is 2.30. The Kier molecular flexibility index (Phi) is 6.02. The highest BCUT2D eigenvalue weighted by Gasteiger charge is 2.26. The Bertz CT molecular complexity index is 991. The molecule has 156 valence electrons. The maximum Gasteiger partial charge on any atom is 0.123 e. The van der Waals surface area contributed by atoms with Crippen LogP contribution in [0.2, 0.25) is 0 Å². The van der Waals surface area contributed by atoms with Crippen molar-refractivity contribution in [1.82, 2.24) is 4.90 Å². The molecule has 1 atom stereocenters. The van der Waals surface area contributed by atoms with Crippen LogP contribution in [-0.2, 0) is 18.7 Å². The molecule has 3 aromatic carbocycles. The van der Waals surface area contributed by atoms with Crippen molar-refractivity contribution in [1.29, 1.82) is 0 Å². The quantitative estimate of drug-likeness (QED) is 0.653. The minimum atomic E-state index is -1.15. The molecule has 0 amide bonds. The van der Waals surface area contributed by atoms with Crippen molar-refractivity contribution in [3.05, 3.63) is 95.3 Å². The summed E-state index contributed by atoms with van der Waals surface area (Å²) in [5, 5.41) is 11.0. The van der Waals surface area contributed by atoms with Gasteiger partial charge in [-0.3, -0.25) is 4.90 Å². The summed E-state index contributed by atoms with van der Waals surface area (Å²) in [6, 6.07) is 21.9. The first-order valence-electron chi connectivity index (χ1n) is 10.1. The van der Waals surface area contributed by atoms with E-state index in [9.17, 15) is 9.50 Å². The Hall–Kier alpha value is -2.89. The zero-order chi connectivity index (χ0) is 21.0. The van der Waals surface area contributed by atoms with Crippen LogP contribution in [0.1, 0.15) is 23.6 Å². The van der Waals surface area contributed by atoms with E-state index in [-0.39, 0.29) is 12.4 Å². The van der Waals surface area contributed by atoms with Gasteiger partial charge in [-0.1, -0.05) is 36.4 Å². The first-order chi connectivity index (χ1) is 14.5. The van der Waals surface area contributed by atoms with Gasteiger partial charge in [0, 0.05) is 25.2 Å². The predicted molar refractivity (Wildman–Crippen MR) is 114 cm³/mol. The van der Waals surface area contributed by atoms with Crippen molar-refractivity contribution in [3.63, 3.8) is 0 Å². The van der Waals surface area contributed by atoms with Crippen LogP contribution < -0.4 is 9.47 Å². The van der Waals surface area contributed by atoms with E-state index in [1.54, 1.807) is 19.1 Å². The van der Waals surface area contributed by atoms with Crippen molar-refractivity contribution in [2.24, 2.45) is 0 Å². The van der Waals surface area contributed by atoms with Crippen LogP contribution in [0, 0.1) is 5.82 Å². The lowest BCUT2D eigenvalue weighted by atomic mass is 9.94. The number of halogens is 1. The Morgan fingerprint density at radius 2 is 1.90 bits per heavy atom. The van der Waals surface area contributed by atoms with E-state index in [2.05, 4.69) is 4.90 Å². The fourth-order valence-electron chi connectivity index (χ4n) is 3.64. The van der Waals surface area contributed by atoms with Gasteiger partial charge in [0.2, 0.25) is 0 Å². The first-order valence-corrected chi connectivity index (χ1v) is 10.1. The SMILES string of the molecule is C[C@@](O)(COc1ccccc1)c1ccc2c(c1)CN(Cc1cccc(F)c1)CCO2. The molecule has 0 bridgehead atoms. The Labute approximate surface area is 176 Å². The van der Waals surface area contributed by atoms with E-state index in [0.717, 1.165) is 34.7 Å². The lowest BCUT2D eigenvalue weighted by Crippen LogP contribution is -2.30. The van der Waals surface area contributed by atoms with E-state index in [1.165, 1.54) is 6.07 Å². The van der Waals surface area contributed by atoms with Gasteiger partial charge in [-0.15, -0.1) is 0 Å². The number of benzene rings is 3. The van der Waals surface area contributed by atoms with Crippen molar-refractivity contribution in [3.8, 4) is 11.5 Å². The van der Waals surface area contributed by atoms with Gasteiger partial charge in [0.15, 0.2) is 0 Å².